The lowest BCUT2D eigenvalue weighted by Crippen LogP contribution is -2.49. The van der Waals surface area contributed by atoms with E-state index in [1.165, 1.54) is 6.20 Å². The Hall–Kier alpha value is -3.38. The predicted molar refractivity (Wildman–Crippen MR) is 121 cm³/mol. The quantitative estimate of drug-likeness (QED) is 0.459. The maximum atomic E-state index is 13.4. The lowest BCUT2D eigenvalue weighted by molar-refractivity contribution is -0.884. The highest BCUT2D eigenvalue weighted by molar-refractivity contribution is 6.31. The molecule has 0 saturated carbocycles. The van der Waals surface area contributed by atoms with Crippen LogP contribution in [0.15, 0.2) is 24.4 Å². The molecule has 170 valence electrons. The van der Waals surface area contributed by atoms with Crippen LogP contribution >= 0.6 is 11.6 Å². The number of halogens is 1. The number of carbonyl (C=O) groups excluding carboxylic acids is 1. The number of nitriles is 1. The Morgan fingerprint density at radius 2 is 2.12 bits per heavy atom. The molecule has 4 heterocycles. The van der Waals surface area contributed by atoms with E-state index in [-0.39, 0.29) is 17.7 Å². The van der Waals surface area contributed by atoms with E-state index in [0.717, 1.165) is 28.6 Å². The molecule has 9 nitrogen and oxygen atoms in total. The summed E-state index contributed by atoms with van der Waals surface area (Å²) in [6, 6.07) is 7.42. The highest BCUT2D eigenvalue weighted by Gasteiger charge is 2.37. The monoisotopic (exact) mass is 466 g/mol. The minimum absolute atomic E-state index is 0.0926. The van der Waals surface area contributed by atoms with Gasteiger partial charge in [0.15, 0.2) is 5.82 Å². The number of aryl methyl sites for hydroxylation is 1. The van der Waals surface area contributed by atoms with Crippen LogP contribution in [0.5, 0.6) is 0 Å². The summed E-state index contributed by atoms with van der Waals surface area (Å²) in [7, 11) is 0. The van der Waals surface area contributed by atoms with E-state index >= 15 is 0 Å². The SMILES string of the molecule is Cc1nnc2n1CCN(C(=O)[C@H]1CCN(c3c(C#N)c[n+](O)c4ccc(Cl)cc34)C[C@H]1C)C2. The summed E-state index contributed by atoms with van der Waals surface area (Å²) in [5, 5.41) is 29.7. The normalized spacial score (nSPS) is 20.5. The van der Waals surface area contributed by atoms with Crippen molar-refractivity contribution in [3.8, 4) is 6.07 Å². The van der Waals surface area contributed by atoms with E-state index in [9.17, 15) is 15.3 Å². The Morgan fingerprint density at radius 3 is 2.88 bits per heavy atom. The van der Waals surface area contributed by atoms with E-state index < -0.39 is 0 Å². The Bertz CT molecular complexity index is 1300. The predicted octanol–water partition coefficient (Wildman–Crippen LogP) is 2.29. The second-order valence-electron chi connectivity index (χ2n) is 8.90. The van der Waals surface area contributed by atoms with Crippen molar-refractivity contribution in [3.05, 3.63) is 46.6 Å². The smallest absolute Gasteiger partial charge is 0.266 e. The van der Waals surface area contributed by atoms with Crippen molar-refractivity contribution >= 4 is 34.1 Å². The van der Waals surface area contributed by atoms with Gasteiger partial charge in [-0.3, -0.25) is 10.0 Å². The van der Waals surface area contributed by atoms with Crippen LogP contribution in [-0.2, 0) is 17.9 Å². The zero-order chi connectivity index (χ0) is 23.3. The molecule has 2 aromatic heterocycles. The molecule has 0 unspecified atom stereocenters. The fraction of sp³-hybridized carbons (Fsp3) is 0.435. The molecule has 10 heteroatoms. The molecule has 1 amide bonds. The van der Waals surface area contributed by atoms with Crippen LogP contribution in [0, 0.1) is 30.1 Å². The molecule has 2 atom stereocenters. The molecule has 0 bridgehead atoms. The summed E-state index contributed by atoms with van der Waals surface area (Å²) >= 11 is 6.24. The Kier molecular flexibility index (Phi) is 5.33. The van der Waals surface area contributed by atoms with Gasteiger partial charge in [-0.05, 0) is 31.4 Å². The number of anilines is 1. The number of aromatic nitrogens is 4. The van der Waals surface area contributed by atoms with Gasteiger partial charge in [0.1, 0.15) is 17.5 Å². The molecule has 1 fully saturated rings. The molecular weight excluding hydrogens is 442 g/mol. The van der Waals surface area contributed by atoms with Crippen LogP contribution in [0.25, 0.3) is 10.9 Å². The summed E-state index contributed by atoms with van der Waals surface area (Å²) in [6.45, 7) is 7.15. The number of fused-ring (bicyclic) bond motifs is 2. The number of rotatable bonds is 2. The van der Waals surface area contributed by atoms with Crippen LogP contribution in [0.3, 0.4) is 0 Å². The molecule has 0 spiro atoms. The zero-order valence-electron chi connectivity index (χ0n) is 18.6. The maximum absolute atomic E-state index is 13.4. The summed E-state index contributed by atoms with van der Waals surface area (Å²) in [4.78, 5) is 17.4. The molecular formula is C23H25ClN7O2+. The Balaban J connectivity index is 1.39. The minimum Gasteiger partial charge on any atom is -0.369 e. The second kappa shape index (κ2) is 8.19. The first-order valence-corrected chi connectivity index (χ1v) is 11.4. The van der Waals surface area contributed by atoms with Gasteiger partial charge in [-0.15, -0.1) is 10.2 Å². The van der Waals surface area contributed by atoms with Crippen molar-refractivity contribution in [2.45, 2.75) is 33.4 Å². The van der Waals surface area contributed by atoms with E-state index in [2.05, 4.69) is 32.7 Å². The number of carbonyl (C=O) groups is 1. The van der Waals surface area contributed by atoms with Crippen molar-refractivity contribution < 1.29 is 14.7 Å². The standard InChI is InChI=1S/C23H25ClN7O2/c1-14-11-28(22-16(10-25)12-31(33)20-4-3-17(24)9-19(20)22)6-5-18(14)23(32)29-7-8-30-15(2)26-27-21(30)13-29/h3-4,9,12,14,18,33H,5-8,11,13H2,1-2H3/q+1/t14-,18+/m1/s1. The number of pyridine rings is 1. The van der Waals surface area contributed by atoms with Crippen LogP contribution in [0.4, 0.5) is 5.69 Å². The second-order valence-corrected chi connectivity index (χ2v) is 9.34. The summed E-state index contributed by atoms with van der Waals surface area (Å²) in [5.74, 6) is 1.87. The molecule has 33 heavy (non-hydrogen) atoms. The van der Waals surface area contributed by atoms with Crippen LogP contribution in [0.2, 0.25) is 5.02 Å². The first kappa shape index (κ1) is 21.5. The number of benzene rings is 1. The van der Waals surface area contributed by atoms with Gasteiger partial charge in [0.2, 0.25) is 12.1 Å². The number of amides is 1. The highest BCUT2D eigenvalue weighted by Crippen LogP contribution is 2.35. The number of hydrogen-bond acceptors (Lipinski definition) is 6. The van der Waals surface area contributed by atoms with Crippen molar-refractivity contribution in [2.24, 2.45) is 11.8 Å². The van der Waals surface area contributed by atoms with Gasteiger partial charge in [0.05, 0.1) is 17.6 Å². The van der Waals surface area contributed by atoms with Gasteiger partial charge < -0.3 is 14.4 Å². The average Bonchev–Trinajstić information content (AvgIpc) is 3.18. The zero-order valence-corrected chi connectivity index (χ0v) is 19.3. The van der Waals surface area contributed by atoms with Crippen molar-refractivity contribution in [1.29, 1.82) is 5.26 Å². The van der Waals surface area contributed by atoms with Gasteiger partial charge in [0.25, 0.3) is 5.52 Å². The average molecular weight is 467 g/mol. The molecule has 1 N–H and O–H groups in total. The molecule has 1 saturated heterocycles. The van der Waals surface area contributed by atoms with E-state index in [1.54, 1.807) is 18.2 Å². The third kappa shape index (κ3) is 3.64. The summed E-state index contributed by atoms with van der Waals surface area (Å²) in [6.07, 6.45) is 2.11. The van der Waals surface area contributed by atoms with Crippen LogP contribution < -0.4 is 9.63 Å². The lowest BCUT2D eigenvalue weighted by Gasteiger charge is -2.40. The molecule has 0 radical (unpaired) electrons. The number of nitrogens with zero attached hydrogens (tertiary/aromatic N) is 7. The number of hydrogen-bond donors (Lipinski definition) is 1. The molecule has 5 rings (SSSR count). The topological polar surface area (TPSA) is 102 Å². The first-order chi connectivity index (χ1) is 15.9. The number of piperidine rings is 1. The van der Waals surface area contributed by atoms with Crippen molar-refractivity contribution in [3.63, 3.8) is 0 Å². The largest absolute Gasteiger partial charge is 0.369 e. The van der Waals surface area contributed by atoms with Crippen molar-refractivity contribution in [1.82, 2.24) is 19.7 Å². The summed E-state index contributed by atoms with van der Waals surface area (Å²) in [5.41, 5.74) is 1.70. The Labute approximate surface area is 196 Å². The van der Waals surface area contributed by atoms with Gasteiger partial charge in [-0.25, -0.2) is 0 Å². The third-order valence-corrected chi connectivity index (χ3v) is 7.11. The van der Waals surface area contributed by atoms with Gasteiger partial charge >= 0.3 is 0 Å². The fourth-order valence-electron chi connectivity index (χ4n) is 5.16. The molecule has 1 aromatic carbocycles. The third-order valence-electron chi connectivity index (χ3n) is 6.88. The van der Waals surface area contributed by atoms with Crippen LogP contribution in [0.1, 0.15) is 30.6 Å². The molecule has 2 aliphatic rings. The van der Waals surface area contributed by atoms with E-state index in [1.807, 2.05) is 11.8 Å². The molecule has 3 aromatic rings. The fourth-order valence-corrected chi connectivity index (χ4v) is 5.33. The summed E-state index contributed by atoms with van der Waals surface area (Å²) < 4.78 is 3.03. The van der Waals surface area contributed by atoms with Gasteiger partial charge in [-0.2, -0.15) is 5.26 Å². The molecule has 0 aliphatic carbocycles. The van der Waals surface area contributed by atoms with Crippen LogP contribution in [-0.4, -0.2) is 50.4 Å². The minimum atomic E-state index is -0.0938. The van der Waals surface area contributed by atoms with Crippen molar-refractivity contribution in [2.75, 3.05) is 24.5 Å². The molecule has 2 aliphatic heterocycles. The maximum Gasteiger partial charge on any atom is 0.266 e. The first-order valence-electron chi connectivity index (χ1n) is 11.1. The van der Waals surface area contributed by atoms with E-state index in [4.69, 9.17) is 11.6 Å². The highest BCUT2D eigenvalue weighted by atomic mass is 35.5. The van der Waals surface area contributed by atoms with Gasteiger partial charge in [-0.1, -0.05) is 18.5 Å². The van der Waals surface area contributed by atoms with E-state index in [0.29, 0.717) is 54.1 Å². The van der Waals surface area contributed by atoms with Gasteiger partial charge in [0, 0.05) is 47.9 Å². The Morgan fingerprint density at radius 1 is 1.30 bits per heavy atom. The lowest BCUT2D eigenvalue weighted by atomic mass is 9.85.